The molecule has 0 N–H and O–H groups in total. The maximum absolute atomic E-state index is 14.3. The van der Waals surface area contributed by atoms with Gasteiger partial charge in [-0.3, -0.25) is 9.59 Å². The Balaban J connectivity index is 1.34. The van der Waals surface area contributed by atoms with Crippen LogP contribution in [0.3, 0.4) is 0 Å². The lowest BCUT2D eigenvalue weighted by molar-refractivity contribution is 0.0893. The smallest absolute Gasteiger partial charge is 0.266 e. The van der Waals surface area contributed by atoms with E-state index in [9.17, 15) is 9.59 Å². The van der Waals surface area contributed by atoms with Gasteiger partial charge in [-0.1, -0.05) is 111 Å². The maximum Gasteiger partial charge on any atom is 0.266 e. The van der Waals surface area contributed by atoms with Crippen molar-refractivity contribution in [3.8, 4) is 11.1 Å². The topological polar surface area (TPSA) is 40.6 Å². The molecule has 8 rings (SSSR count). The second-order valence-electron chi connectivity index (χ2n) is 11.7. The number of nitrogens with zero attached hydrogens (tertiary/aromatic N) is 2. The van der Waals surface area contributed by atoms with Crippen molar-refractivity contribution in [2.45, 2.75) is 19.3 Å². The molecule has 2 aliphatic rings. The summed E-state index contributed by atoms with van der Waals surface area (Å²) in [6.45, 7) is 4.53. The molecule has 0 atom stereocenters. The number of fused-ring (bicyclic) bond motifs is 2. The third kappa shape index (κ3) is 3.56. The van der Waals surface area contributed by atoms with Gasteiger partial charge in [-0.2, -0.15) is 0 Å². The van der Waals surface area contributed by atoms with Crippen molar-refractivity contribution in [1.82, 2.24) is 0 Å². The van der Waals surface area contributed by atoms with E-state index in [2.05, 4.69) is 67.3 Å². The zero-order valence-corrected chi connectivity index (χ0v) is 23.9. The summed E-state index contributed by atoms with van der Waals surface area (Å²) in [6.07, 6.45) is 0. The molecule has 2 heterocycles. The van der Waals surface area contributed by atoms with Crippen LogP contribution in [0.2, 0.25) is 0 Å². The van der Waals surface area contributed by atoms with E-state index in [-0.39, 0.29) is 17.2 Å². The standard InChI is InChI=1S/C39H28N2O2/c1-39(2)30-18-7-10-21-34(30)40(35-22-11-8-19-31(35)39)33-24-23-29-36-27(33)16-12-17-28(36)37(42)41(38(29)43)32-20-9-6-15-26(32)25-13-4-3-5-14-25/h3-24H,1-2H3. The van der Waals surface area contributed by atoms with Crippen molar-refractivity contribution in [2.24, 2.45) is 0 Å². The number of para-hydroxylation sites is 3. The first kappa shape index (κ1) is 25.2. The summed E-state index contributed by atoms with van der Waals surface area (Å²) in [5.41, 5.74) is 8.81. The predicted octanol–water partition coefficient (Wildman–Crippen LogP) is 9.42. The number of carbonyl (C=O) groups is 2. The third-order valence-electron chi connectivity index (χ3n) is 8.99. The summed E-state index contributed by atoms with van der Waals surface area (Å²) >= 11 is 0. The van der Waals surface area contributed by atoms with Gasteiger partial charge in [-0.05, 0) is 53.1 Å². The average molecular weight is 557 g/mol. The molecule has 4 nitrogen and oxygen atoms in total. The zero-order chi connectivity index (χ0) is 29.3. The number of anilines is 4. The molecule has 2 amide bonds. The predicted molar refractivity (Wildman–Crippen MR) is 174 cm³/mol. The molecule has 0 saturated heterocycles. The molecule has 6 aromatic rings. The lowest BCUT2D eigenvalue weighted by Crippen LogP contribution is -2.40. The molecule has 0 aromatic heterocycles. The van der Waals surface area contributed by atoms with Crippen molar-refractivity contribution in [3.63, 3.8) is 0 Å². The molecule has 0 unspecified atom stereocenters. The number of imide groups is 1. The van der Waals surface area contributed by atoms with E-state index < -0.39 is 0 Å². The first-order valence-corrected chi connectivity index (χ1v) is 14.5. The molecular formula is C39H28N2O2. The van der Waals surface area contributed by atoms with Gasteiger partial charge in [0.05, 0.1) is 22.7 Å². The molecular weight excluding hydrogens is 528 g/mol. The van der Waals surface area contributed by atoms with Crippen molar-refractivity contribution < 1.29 is 9.59 Å². The molecule has 206 valence electrons. The zero-order valence-electron chi connectivity index (χ0n) is 23.9. The molecule has 4 heteroatoms. The van der Waals surface area contributed by atoms with Crippen molar-refractivity contribution in [2.75, 3.05) is 9.80 Å². The Bertz CT molecular complexity index is 2040. The summed E-state index contributed by atoms with van der Waals surface area (Å²) in [6, 6.07) is 44.2. The van der Waals surface area contributed by atoms with Crippen LogP contribution in [0.5, 0.6) is 0 Å². The summed E-state index contributed by atoms with van der Waals surface area (Å²) < 4.78 is 0. The fraction of sp³-hybridized carbons (Fsp3) is 0.0769. The van der Waals surface area contributed by atoms with E-state index in [0.29, 0.717) is 22.2 Å². The quantitative estimate of drug-likeness (QED) is 0.204. The summed E-state index contributed by atoms with van der Waals surface area (Å²) in [5, 5.41) is 1.57. The minimum absolute atomic E-state index is 0.186. The van der Waals surface area contributed by atoms with Gasteiger partial charge in [0.15, 0.2) is 0 Å². The molecule has 0 bridgehead atoms. The fourth-order valence-electron chi connectivity index (χ4n) is 6.95. The average Bonchev–Trinajstić information content (AvgIpc) is 3.05. The van der Waals surface area contributed by atoms with Crippen LogP contribution in [0, 0.1) is 0 Å². The van der Waals surface area contributed by atoms with Gasteiger partial charge in [0, 0.05) is 32.9 Å². The van der Waals surface area contributed by atoms with Crippen LogP contribution < -0.4 is 9.80 Å². The van der Waals surface area contributed by atoms with Gasteiger partial charge in [0.2, 0.25) is 0 Å². The van der Waals surface area contributed by atoms with E-state index in [0.717, 1.165) is 33.6 Å². The van der Waals surface area contributed by atoms with Crippen LogP contribution in [-0.4, -0.2) is 11.8 Å². The minimum Gasteiger partial charge on any atom is -0.309 e. The largest absolute Gasteiger partial charge is 0.309 e. The van der Waals surface area contributed by atoms with Gasteiger partial charge in [0.1, 0.15) is 0 Å². The van der Waals surface area contributed by atoms with Crippen LogP contribution in [0.1, 0.15) is 45.7 Å². The second kappa shape index (κ2) is 9.27. The van der Waals surface area contributed by atoms with Crippen LogP contribution >= 0.6 is 0 Å². The van der Waals surface area contributed by atoms with E-state index in [1.54, 1.807) is 0 Å². The lowest BCUT2D eigenvalue weighted by atomic mass is 9.73. The van der Waals surface area contributed by atoms with Crippen molar-refractivity contribution in [1.29, 1.82) is 0 Å². The molecule has 0 spiro atoms. The van der Waals surface area contributed by atoms with Gasteiger partial charge >= 0.3 is 0 Å². The number of carbonyl (C=O) groups excluding carboxylic acids is 2. The highest BCUT2D eigenvalue weighted by Gasteiger charge is 2.39. The summed E-state index contributed by atoms with van der Waals surface area (Å²) in [7, 11) is 0. The highest BCUT2D eigenvalue weighted by molar-refractivity contribution is 6.37. The van der Waals surface area contributed by atoms with E-state index in [4.69, 9.17) is 0 Å². The number of hydrogen-bond acceptors (Lipinski definition) is 3. The Hall–Kier alpha value is -5.48. The second-order valence-corrected chi connectivity index (χ2v) is 11.7. The van der Waals surface area contributed by atoms with Crippen LogP contribution in [0.25, 0.3) is 21.9 Å². The van der Waals surface area contributed by atoms with Gasteiger partial charge in [-0.25, -0.2) is 4.90 Å². The van der Waals surface area contributed by atoms with Gasteiger partial charge in [-0.15, -0.1) is 0 Å². The lowest BCUT2D eigenvalue weighted by Gasteiger charge is -2.42. The SMILES string of the molecule is CC1(C)c2ccccc2N(c2ccc3c4c(cccc24)C(=O)N(c2ccccc2-c2ccccc2)C3=O)c2ccccc21. The van der Waals surface area contributed by atoms with Crippen molar-refractivity contribution >= 4 is 45.3 Å². The molecule has 43 heavy (non-hydrogen) atoms. The minimum atomic E-state index is -0.316. The Morgan fingerprint density at radius 1 is 0.442 bits per heavy atom. The molecule has 0 fully saturated rings. The molecule has 0 aliphatic carbocycles. The molecule has 0 radical (unpaired) electrons. The Morgan fingerprint density at radius 3 is 1.65 bits per heavy atom. The van der Waals surface area contributed by atoms with Gasteiger partial charge in [0.25, 0.3) is 11.8 Å². The fourth-order valence-corrected chi connectivity index (χ4v) is 6.95. The van der Waals surface area contributed by atoms with Crippen LogP contribution in [0.15, 0.2) is 133 Å². The number of rotatable bonds is 3. The number of amides is 2. The Labute approximate surface area is 250 Å². The van der Waals surface area contributed by atoms with E-state index >= 15 is 0 Å². The summed E-state index contributed by atoms with van der Waals surface area (Å²) in [4.78, 5) is 32.1. The number of hydrogen-bond donors (Lipinski definition) is 0. The van der Waals surface area contributed by atoms with E-state index in [1.165, 1.54) is 16.0 Å². The first-order valence-electron chi connectivity index (χ1n) is 14.5. The molecule has 6 aromatic carbocycles. The Kier molecular flexibility index (Phi) is 5.44. The van der Waals surface area contributed by atoms with Crippen LogP contribution in [0.4, 0.5) is 22.7 Å². The van der Waals surface area contributed by atoms with E-state index in [1.807, 2.05) is 84.9 Å². The van der Waals surface area contributed by atoms with Crippen molar-refractivity contribution in [3.05, 3.63) is 156 Å². The maximum atomic E-state index is 14.3. The Morgan fingerprint density at radius 2 is 0.977 bits per heavy atom. The molecule has 2 aliphatic heterocycles. The highest BCUT2D eigenvalue weighted by atomic mass is 16.2. The summed E-state index contributed by atoms with van der Waals surface area (Å²) in [5.74, 6) is -0.631. The number of benzene rings is 6. The normalized spacial score (nSPS) is 14.9. The third-order valence-corrected chi connectivity index (χ3v) is 8.99. The first-order chi connectivity index (χ1) is 21.0. The highest BCUT2D eigenvalue weighted by Crippen LogP contribution is 2.53. The van der Waals surface area contributed by atoms with Crippen LogP contribution in [-0.2, 0) is 5.41 Å². The molecule has 0 saturated carbocycles. The monoisotopic (exact) mass is 556 g/mol. The van der Waals surface area contributed by atoms with Gasteiger partial charge < -0.3 is 4.90 Å².